The number of hydrogen-bond donors (Lipinski definition) is 1. The molecule has 0 radical (unpaired) electrons. The van der Waals surface area contributed by atoms with Crippen LogP contribution in [-0.4, -0.2) is 24.9 Å². The molecule has 1 N–H and O–H groups in total. The Labute approximate surface area is 162 Å². The summed E-state index contributed by atoms with van der Waals surface area (Å²) in [4.78, 5) is 12.3. The van der Waals surface area contributed by atoms with Crippen molar-refractivity contribution in [1.82, 2.24) is 19.8 Å². The van der Waals surface area contributed by atoms with E-state index >= 15 is 0 Å². The predicted octanol–water partition coefficient (Wildman–Crippen LogP) is 3.15. The van der Waals surface area contributed by atoms with E-state index in [0.717, 1.165) is 39.9 Å². The first kappa shape index (κ1) is 19.0. The zero-order chi connectivity index (χ0) is 20.8. The molecular weight excluding hydrogens is 389 g/mol. The normalized spacial score (nSPS) is 14.2. The summed E-state index contributed by atoms with van der Waals surface area (Å²) in [5.41, 5.74) is 0.366. The summed E-state index contributed by atoms with van der Waals surface area (Å²) >= 11 is 0. The fourth-order valence-corrected chi connectivity index (χ4v) is 3.20. The number of rotatable bonds is 5. The largest absolute Gasteiger partial charge is 0.508 e. The Kier molecular flexibility index (Phi) is 4.56. The van der Waals surface area contributed by atoms with Crippen LogP contribution in [0.2, 0.25) is 0 Å². The van der Waals surface area contributed by atoms with E-state index in [-0.39, 0.29) is 12.5 Å². The summed E-state index contributed by atoms with van der Waals surface area (Å²) in [5.74, 6) is -0.643. The molecule has 152 valence electrons. The first-order valence-corrected chi connectivity index (χ1v) is 8.90. The van der Waals surface area contributed by atoms with E-state index in [0.29, 0.717) is 17.3 Å². The monoisotopic (exact) mass is 406 g/mol. The molecule has 4 rings (SSSR count). The van der Waals surface area contributed by atoms with Gasteiger partial charge in [0.1, 0.15) is 23.7 Å². The van der Waals surface area contributed by atoms with Crippen molar-refractivity contribution in [2.75, 3.05) is 0 Å². The van der Waals surface area contributed by atoms with Crippen molar-refractivity contribution in [3.8, 4) is 17.2 Å². The lowest BCUT2D eigenvalue weighted by molar-refractivity contribution is -0.139. The molecule has 0 atom stereocenters. The van der Waals surface area contributed by atoms with Crippen molar-refractivity contribution < 1.29 is 23.0 Å². The molecule has 0 aliphatic heterocycles. The molecule has 1 fully saturated rings. The summed E-state index contributed by atoms with van der Waals surface area (Å²) in [6.07, 6.45) is -2.77. The van der Waals surface area contributed by atoms with E-state index in [1.54, 1.807) is 12.1 Å². The summed E-state index contributed by atoms with van der Waals surface area (Å²) in [5, 5.41) is 17.0. The third-order valence-corrected chi connectivity index (χ3v) is 4.80. The summed E-state index contributed by atoms with van der Waals surface area (Å²) in [7, 11) is 1.46. The quantitative estimate of drug-likeness (QED) is 0.704. The lowest BCUT2D eigenvalue weighted by atomic mass is 10.0. The molecular formula is C19H17F3N4O3. The molecule has 1 saturated carbocycles. The second-order valence-corrected chi connectivity index (χ2v) is 6.88. The lowest BCUT2D eigenvalue weighted by Crippen LogP contribution is -2.23. The van der Waals surface area contributed by atoms with Crippen LogP contribution in [-0.2, 0) is 19.8 Å². The van der Waals surface area contributed by atoms with Gasteiger partial charge in [-0.1, -0.05) is 12.1 Å². The minimum Gasteiger partial charge on any atom is -0.508 e. The van der Waals surface area contributed by atoms with Crippen LogP contribution in [0, 0.1) is 0 Å². The topological polar surface area (TPSA) is 82.2 Å². The van der Waals surface area contributed by atoms with Crippen LogP contribution in [0.5, 0.6) is 11.5 Å². The molecule has 0 bridgehead atoms. The van der Waals surface area contributed by atoms with Crippen molar-refractivity contribution in [1.29, 1.82) is 0 Å². The van der Waals surface area contributed by atoms with Gasteiger partial charge in [-0.2, -0.15) is 22.5 Å². The van der Waals surface area contributed by atoms with Crippen molar-refractivity contribution in [3.05, 3.63) is 63.6 Å². The summed E-state index contributed by atoms with van der Waals surface area (Å²) < 4.78 is 47.6. The maximum Gasteiger partial charge on any atom is 0.420 e. The number of halogens is 3. The number of tetrazole rings is 1. The summed E-state index contributed by atoms with van der Waals surface area (Å²) in [6, 6.07) is 8.13. The fourth-order valence-electron chi connectivity index (χ4n) is 3.20. The SMILES string of the molecule is Cn1nnn(-c2cccc(C3CC3)c2COc2ccc(O)cc2C(F)(F)F)c1=O. The number of alkyl halides is 3. The van der Waals surface area contributed by atoms with Crippen LogP contribution in [0.15, 0.2) is 41.2 Å². The Morgan fingerprint density at radius 3 is 2.59 bits per heavy atom. The Bertz CT molecular complexity index is 1120. The number of aromatic nitrogens is 4. The van der Waals surface area contributed by atoms with Gasteiger partial charge in [0.15, 0.2) is 0 Å². The average molecular weight is 406 g/mol. The molecule has 0 amide bonds. The molecule has 1 aromatic heterocycles. The maximum absolute atomic E-state index is 13.3. The lowest BCUT2D eigenvalue weighted by Gasteiger charge is -2.17. The van der Waals surface area contributed by atoms with Gasteiger partial charge in [0.05, 0.1) is 5.69 Å². The Hall–Kier alpha value is -3.30. The second-order valence-electron chi connectivity index (χ2n) is 6.88. The van der Waals surface area contributed by atoms with E-state index < -0.39 is 28.9 Å². The van der Waals surface area contributed by atoms with Gasteiger partial charge in [-0.15, -0.1) is 0 Å². The molecule has 2 aromatic carbocycles. The predicted molar refractivity (Wildman–Crippen MR) is 96.0 cm³/mol. The molecule has 1 aliphatic carbocycles. The average Bonchev–Trinajstić information content (AvgIpc) is 3.46. The van der Waals surface area contributed by atoms with Crippen LogP contribution in [0.1, 0.15) is 35.4 Å². The highest BCUT2D eigenvalue weighted by Gasteiger charge is 2.35. The molecule has 1 heterocycles. The van der Waals surface area contributed by atoms with Gasteiger partial charge in [-0.25, -0.2) is 4.79 Å². The van der Waals surface area contributed by atoms with Crippen molar-refractivity contribution in [3.63, 3.8) is 0 Å². The van der Waals surface area contributed by atoms with Gasteiger partial charge in [0.25, 0.3) is 0 Å². The molecule has 0 unspecified atom stereocenters. The number of nitrogens with zero attached hydrogens (tertiary/aromatic N) is 4. The number of aromatic hydroxyl groups is 1. The van der Waals surface area contributed by atoms with Crippen LogP contribution in [0.3, 0.4) is 0 Å². The van der Waals surface area contributed by atoms with Gasteiger partial charge in [-0.3, -0.25) is 0 Å². The van der Waals surface area contributed by atoms with Crippen molar-refractivity contribution in [2.45, 2.75) is 31.5 Å². The zero-order valence-electron chi connectivity index (χ0n) is 15.3. The van der Waals surface area contributed by atoms with Crippen molar-refractivity contribution in [2.24, 2.45) is 7.05 Å². The molecule has 29 heavy (non-hydrogen) atoms. The van der Waals surface area contributed by atoms with Crippen LogP contribution in [0.4, 0.5) is 13.2 Å². The van der Waals surface area contributed by atoms with Crippen LogP contribution in [0.25, 0.3) is 5.69 Å². The molecule has 3 aromatic rings. The highest BCUT2D eigenvalue weighted by atomic mass is 19.4. The van der Waals surface area contributed by atoms with Crippen LogP contribution < -0.4 is 10.4 Å². The highest BCUT2D eigenvalue weighted by molar-refractivity contribution is 5.48. The van der Waals surface area contributed by atoms with E-state index in [4.69, 9.17) is 4.74 Å². The first-order chi connectivity index (χ1) is 13.8. The second kappa shape index (κ2) is 6.94. The number of benzene rings is 2. The number of phenolic OH excluding ortho intramolecular Hbond substituents is 1. The van der Waals surface area contributed by atoms with Crippen LogP contribution >= 0.6 is 0 Å². The minimum atomic E-state index is -4.69. The van der Waals surface area contributed by atoms with Gasteiger partial charge in [-0.05, 0) is 59.0 Å². The summed E-state index contributed by atoms with van der Waals surface area (Å²) in [6.45, 7) is -0.196. The Morgan fingerprint density at radius 1 is 1.21 bits per heavy atom. The standard InChI is InChI=1S/C19H17F3N4O3/c1-25-18(28)26(24-23-25)16-4-2-3-13(11-5-6-11)14(16)10-29-17-8-7-12(27)9-15(17)19(20,21)22/h2-4,7-9,11,27H,5-6,10H2,1H3. The number of aryl methyl sites for hydroxylation is 1. The molecule has 7 nitrogen and oxygen atoms in total. The number of hydrogen-bond acceptors (Lipinski definition) is 5. The fraction of sp³-hybridized carbons (Fsp3) is 0.316. The first-order valence-electron chi connectivity index (χ1n) is 8.90. The molecule has 1 aliphatic rings. The number of ether oxygens (including phenoxy) is 1. The highest BCUT2D eigenvalue weighted by Crippen LogP contribution is 2.43. The van der Waals surface area contributed by atoms with Gasteiger partial charge < -0.3 is 9.84 Å². The smallest absolute Gasteiger partial charge is 0.420 e. The van der Waals surface area contributed by atoms with E-state index in [1.165, 1.54) is 7.05 Å². The zero-order valence-corrected chi connectivity index (χ0v) is 15.3. The van der Waals surface area contributed by atoms with Gasteiger partial charge in [0, 0.05) is 12.6 Å². The molecule has 0 spiro atoms. The van der Waals surface area contributed by atoms with E-state index in [9.17, 15) is 23.1 Å². The van der Waals surface area contributed by atoms with E-state index in [1.807, 2.05) is 6.07 Å². The number of phenols is 1. The van der Waals surface area contributed by atoms with Crippen molar-refractivity contribution >= 4 is 0 Å². The Morgan fingerprint density at radius 2 is 1.97 bits per heavy atom. The maximum atomic E-state index is 13.3. The molecule has 10 heteroatoms. The van der Waals surface area contributed by atoms with E-state index in [2.05, 4.69) is 10.4 Å². The Balaban J connectivity index is 1.75. The van der Waals surface area contributed by atoms with Gasteiger partial charge >= 0.3 is 11.9 Å². The third-order valence-electron chi connectivity index (χ3n) is 4.80. The molecule has 0 saturated heterocycles. The minimum absolute atomic E-state index is 0.196. The van der Waals surface area contributed by atoms with Gasteiger partial charge in [0.2, 0.25) is 0 Å². The third kappa shape index (κ3) is 3.69.